The van der Waals surface area contributed by atoms with Crippen LogP contribution >= 0.6 is 15.9 Å². The van der Waals surface area contributed by atoms with Gasteiger partial charge in [0.1, 0.15) is 5.54 Å². The number of primary amides is 1. The molecule has 6 heteroatoms. The van der Waals surface area contributed by atoms with E-state index in [1.54, 1.807) is 25.1 Å². The lowest BCUT2D eigenvalue weighted by Gasteiger charge is -2.27. The Bertz CT molecular complexity index is 505. The summed E-state index contributed by atoms with van der Waals surface area (Å²) in [6.07, 6.45) is 1.24. The van der Waals surface area contributed by atoms with Crippen LogP contribution in [0.2, 0.25) is 0 Å². The standard InChI is InChI=1S/C13H17BrN2O3/c1-3-6-13(2,12(18)19)16-8-4-5-9(11(15)17)10(14)7-8/h4-5,7,16H,3,6H2,1-2H3,(H2,15,17)(H,18,19). The van der Waals surface area contributed by atoms with Crippen molar-refractivity contribution < 1.29 is 14.7 Å². The molecule has 0 fully saturated rings. The maximum atomic E-state index is 11.3. The van der Waals surface area contributed by atoms with Crippen molar-refractivity contribution in [2.24, 2.45) is 5.73 Å². The molecule has 1 rings (SSSR count). The quantitative estimate of drug-likeness (QED) is 0.748. The van der Waals surface area contributed by atoms with Crippen molar-refractivity contribution in [3.8, 4) is 0 Å². The normalized spacial score (nSPS) is 13.6. The summed E-state index contributed by atoms with van der Waals surface area (Å²) >= 11 is 3.24. The second-order valence-electron chi connectivity index (χ2n) is 4.57. The molecule has 0 aliphatic rings. The molecule has 4 N–H and O–H groups in total. The summed E-state index contributed by atoms with van der Waals surface area (Å²) in [6.45, 7) is 3.56. The first-order chi connectivity index (χ1) is 8.80. The SMILES string of the molecule is CCCC(C)(Nc1ccc(C(N)=O)c(Br)c1)C(=O)O. The zero-order valence-corrected chi connectivity index (χ0v) is 12.5. The van der Waals surface area contributed by atoms with Gasteiger partial charge in [-0.3, -0.25) is 4.79 Å². The molecule has 0 saturated carbocycles. The molecule has 0 spiro atoms. The number of hydrogen-bond donors (Lipinski definition) is 3. The van der Waals surface area contributed by atoms with Gasteiger partial charge in [-0.2, -0.15) is 0 Å². The summed E-state index contributed by atoms with van der Waals surface area (Å²) in [5, 5.41) is 12.3. The van der Waals surface area contributed by atoms with Gasteiger partial charge in [0.05, 0.1) is 5.56 Å². The van der Waals surface area contributed by atoms with Crippen LogP contribution in [0.4, 0.5) is 5.69 Å². The van der Waals surface area contributed by atoms with Crippen LogP contribution in [0.25, 0.3) is 0 Å². The van der Waals surface area contributed by atoms with Crippen molar-refractivity contribution in [3.63, 3.8) is 0 Å². The van der Waals surface area contributed by atoms with Crippen LogP contribution in [-0.2, 0) is 4.79 Å². The van der Waals surface area contributed by atoms with E-state index in [-0.39, 0.29) is 0 Å². The smallest absolute Gasteiger partial charge is 0.329 e. The number of benzene rings is 1. The van der Waals surface area contributed by atoms with Crippen LogP contribution in [0.1, 0.15) is 37.0 Å². The molecule has 0 bridgehead atoms. The van der Waals surface area contributed by atoms with E-state index < -0.39 is 17.4 Å². The maximum Gasteiger partial charge on any atom is 0.329 e. The van der Waals surface area contributed by atoms with Gasteiger partial charge in [-0.15, -0.1) is 0 Å². The molecule has 1 aromatic carbocycles. The monoisotopic (exact) mass is 328 g/mol. The number of rotatable bonds is 6. The van der Waals surface area contributed by atoms with Gasteiger partial charge in [0.2, 0.25) is 5.91 Å². The molecule has 0 heterocycles. The highest BCUT2D eigenvalue weighted by Crippen LogP contribution is 2.25. The zero-order chi connectivity index (χ0) is 14.6. The number of hydrogen-bond acceptors (Lipinski definition) is 3. The highest BCUT2D eigenvalue weighted by atomic mass is 79.9. The number of carboxylic acids is 1. The van der Waals surface area contributed by atoms with Gasteiger partial charge in [-0.05, 0) is 47.5 Å². The Balaban J connectivity index is 3.02. The third kappa shape index (κ3) is 3.70. The van der Waals surface area contributed by atoms with Crippen molar-refractivity contribution >= 4 is 33.5 Å². The number of nitrogens with one attached hydrogen (secondary N) is 1. The van der Waals surface area contributed by atoms with E-state index in [1.165, 1.54) is 0 Å². The number of nitrogens with two attached hydrogens (primary N) is 1. The number of carbonyl (C=O) groups is 2. The lowest BCUT2D eigenvalue weighted by molar-refractivity contribution is -0.141. The minimum Gasteiger partial charge on any atom is -0.480 e. The second kappa shape index (κ2) is 6.06. The van der Waals surface area contributed by atoms with E-state index in [0.717, 1.165) is 6.42 Å². The third-order valence-electron chi connectivity index (χ3n) is 2.88. The molecule has 104 valence electrons. The summed E-state index contributed by atoms with van der Waals surface area (Å²) in [7, 11) is 0. The molecule has 0 aromatic heterocycles. The summed E-state index contributed by atoms with van der Waals surface area (Å²) in [6, 6.07) is 4.85. The fourth-order valence-corrected chi connectivity index (χ4v) is 2.41. The Morgan fingerprint density at radius 3 is 2.53 bits per heavy atom. The highest BCUT2D eigenvalue weighted by molar-refractivity contribution is 9.10. The predicted octanol–water partition coefficient (Wildman–Crippen LogP) is 2.60. The molecule has 1 amide bonds. The molecular formula is C13H17BrN2O3. The van der Waals surface area contributed by atoms with Crippen LogP contribution < -0.4 is 11.1 Å². The largest absolute Gasteiger partial charge is 0.480 e. The number of carboxylic acid groups (broad SMARTS) is 1. The lowest BCUT2D eigenvalue weighted by atomic mass is 9.96. The van der Waals surface area contributed by atoms with Gasteiger partial charge < -0.3 is 16.2 Å². The van der Waals surface area contributed by atoms with Crippen molar-refractivity contribution in [1.29, 1.82) is 0 Å². The summed E-state index contributed by atoms with van der Waals surface area (Å²) < 4.78 is 0.536. The van der Waals surface area contributed by atoms with Crippen LogP contribution in [0.3, 0.4) is 0 Å². The predicted molar refractivity (Wildman–Crippen MR) is 77.2 cm³/mol. The molecule has 0 saturated heterocycles. The summed E-state index contributed by atoms with van der Waals surface area (Å²) in [5.74, 6) is -1.45. The Morgan fingerprint density at radius 1 is 1.47 bits per heavy atom. The fourth-order valence-electron chi connectivity index (χ4n) is 1.83. The molecular weight excluding hydrogens is 312 g/mol. The Hall–Kier alpha value is -1.56. The first-order valence-electron chi connectivity index (χ1n) is 5.91. The van der Waals surface area contributed by atoms with Crippen LogP contribution in [0.5, 0.6) is 0 Å². The average Bonchev–Trinajstić information content (AvgIpc) is 2.28. The molecule has 0 radical (unpaired) electrons. The van der Waals surface area contributed by atoms with Gasteiger partial charge in [0, 0.05) is 10.2 Å². The maximum absolute atomic E-state index is 11.3. The fraction of sp³-hybridized carbons (Fsp3) is 0.385. The molecule has 1 atom stereocenters. The van der Waals surface area contributed by atoms with Crippen molar-refractivity contribution in [2.75, 3.05) is 5.32 Å². The van der Waals surface area contributed by atoms with E-state index in [4.69, 9.17) is 5.73 Å². The lowest BCUT2D eigenvalue weighted by Crippen LogP contribution is -2.43. The minimum atomic E-state index is -1.04. The van der Waals surface area contributed by atoms with E-state index in [0.29, 0.717) is 22.1 Å². The highest BCUT2D eigenvalue weighted by Gasteiger charge is 2.31. The van der Waals surface area contributed by atoms with Gasteiger partial charge in [-0.25, -0.2) is 4.79 Å². The number of anilines is 1. The van der Waals surface area contributed by atoms with Crippen molar-refractivity contribution in [3.05, 3.63) is 28.2 Å². The molecule has 1 unspecified atom stereocenters. The van der Waals surface area contributed by atoms with E-state index in [1.807, 2.05) is 6.92 Å². The molecule has 19 heavy (non-hydrogen) atoms. The molecule has 5 nitrogen and oxygen atoms in total. The summed E-state index contributed by atoms with van der Waals surface area (Å²) in [4.78, 5) is 22.4. The van der Waals surface area contributed by atoms with Gasteiger partial charge in [-0.1, -0.05) is 13.3 Å². The van der Waals surface area contributed by atoms with Crippen LogP contribution in [-0.4, -0.2) is 22.5 Å². The van der Waals surface area contributed by atoms with Gasteiger partial charge in [0.25, 0.3) is 0 Å². The van der Waals surface area contributed by atoms with Crippen LogP contribution in [0, 0.1) is 0 Å². The van der Waals surface area contributed by atoms with Gasteiger partial charge >= 0.3 is 5.97 Å². The van der Waals surface area contributed by atoms with E-state index in [2.05, 4.69) is 21.2 Å². The summed E-state index contributed by atoms with van der Waals surface area (Å²) in [5.41, 5.74) is 5.15. The number of amides is 1. The van der Waals surface area contributed by atoms with E-state index >= 15 is 0 Å². The first-order valence-corrected chi connectivity index (χ1v) is 6.70. The van der Waals surface area contributed by atoms with E-state index in [9.17, 15) is 14.7 Å². The first kappa shape index (κ1) is 15.5. The van der Waals surface area contributed by atoms with Crippen LogP contribution in [0.15, 0.2) is 22.7 Å². The molecule has 0 aliphatic carbocycles. The Morgan fingerprint density at radius 2 is 2.11 bits per heavy atom. The second-order valence-corrected chi connectivity index (χ2v) is 5.43. The zero-order valence-electron chi connectivity index (χ0n) is 10.9. The number of aliphatic carboxylic acids is 1. The number of halogens is 1. The van der Waals surface area contributed by atoms with Crippen molar-refractivity contribution in [2.45, 2.75) is 32.2 Å². The minimum absolute atomic E-state index is 0.359. The van der Waals surface area contributed by atoms with Crippen molar-refractivity contribution in [1.82, 2.24) is 0 Å². The topological polar surface area (TPSA) is 92.4 Å². The van der Waals surface area contributed by atoms with Gasteiger partial charge in [0.15, 0.2) is 0 Å². The third-order valence-corrected chi connectivity index (χ3v) is 3.53. The number of carbonyl (C=O) groups excluding carboxylic acids is 1. The average molecular weight is 329 g/mol. The molecule has 0 aliphatic heterocycles. The molecule has 1 aromatic rings. The Kier molecular flexibility index (Phi) is 4.94. The Labute approximate surface area is 120 Å².